The summed E-state index contributed by atoms with van der Waals surface area (Å²) in [7, 11) is 0. The van der Waals surface area contributed by atoms with Crippen LogP contribution in [0.1, 0.15) is 25.0 Å². The van der Waals surface area contributed by atoms with Crippen molar-refractivity contribution in [2.45, 2.75) is 20.8 Å². The van der Waals surface area contributed by atoms with Gasteiger partial charge in [-0.1, -0.05) is 49.2 Å². The van der Waals surface area contributed by atoms with E-state index in [4.69, 9.17) is 0 Å². The number of halogens is 1. The number of benzene rings is 2. The van der Waals surface area contributed by atoms with Gasteiger partial charge in [-0.05, 0) is 66.6 Å². The Morgan fingerprint density at radius 3 is 2.31 bits per heavy atom. The predicted molar refractivity (Wildman–Crippen MR) is 120 cm³/mol. The van der Waals surface area contributed by atoms with Crippen LogP contribution in [0.5, 0.6) is 0 Å². The number of anilines is 2. The van der Waals surface area contributed by atoms with Crippen molar-refractivity contribution in [1.29, 1.82) is 0 Å². The van der Waals surface area contributed by atoms with Crippen LogP contribution >= 0.6 is 11.8 Å². The molecular weight excluding hydrogens is 387 g/mol. The number of hydrogen-bond acceptors (Lipinski definition) is 3. The molecule has 150 valence electrons. The van der Waals surface area contributed by atoms with E-state index in [9.17, 15) is 14.0 Å². The van der Waals surface area contributed by atoms with Crippen LogP contribution < -0.4 is 10.6 Å². The van der Waals surface area contributed by atoms with Crippen LogP contribution in [0, 0.1) is 12.7 Å². The number of nitrogens with one attached hydrogen (secondary N) is 2. The van der Waals surface area contributed by atoms with Gasteiger partial charge >= 0.3 is 6.03 Å². The number of allylic oxidation sites excluding steroid dienone is 4. The van der Waals surface area contributed by atoms with Crippen LogP contribution in [0.3, 0.4) is 0 Å². The van der Waals surface area contributed by atoms with Crippen LogP contribution in [-0.2, 0) is 4.79 Å². The van der Waals surface area contributed by atoms with E-state index >= 15 is 0 Å². The summed E-state index contributed by atoms with van der Waals surface area (Å²) >= 11 is 1.30. The topological polar surface area (TPSA) is 58.2 Å². The lowest BCUT2D eigenvalue weighted by Gasteiger charge is -2.11. The summed E-state index contributed by atoms with van der Waals surface area (Å²) in [5.41, 5.74) is 3.28. The maximum Gasteiger partial charge on any atom is 0.323 e. The fraction of sp³-hybridized carbons (Fsp3) is 0.130. The molecule has 0 aliphatic heterocycles. The van der Waals surface area contributed by atoms with E-state index in [-0.39, 0.29) is 11.5 Å². The molecule has 0 aliphatic rings. The lowest BCUT2D eigenvalue weighted by Crippen LogP contribution is -2.20. The molecule has 2 rings (SSSR count). The molecule has 0 unspecified atom stereocenters. The highest BCUT2D eigenvalue weighted by atomic mass is 32.2. The molecule has 0 saturated carbocycles. The maximum atomic E-state index is 13.8. The second kappa shape index (κ2) is 9.89. The summed E-state index contributed by atoms with van der Waals surface area (Å²) in [6.45, 7) is 12.8. The monoisotopic (exact) mass is 410 g/mol. The number of urea groups is 1. The Kier molecular flexibility index (Phi) is 7.56. The minimum absolute atomic E-state index is 0.0756. The zero-order valence-corrected chi connectivity index (χ0v) is 17.5. The van der Waals surface area contributed by atoms with Crippen molar-refractivity contribution in [3.8, 4) is 0 Å². The predicted octanol–water partition coefficient (Wildman–Crippen LogP) is 6.53. The van der Waals surface area contributed by atoms with Crippen molar-refractivity contribution < 1.29 is 14.0 Å². The third kappa shape index (κ3) is 6.19. The molecule has 0 spiro atoms. The SMILES string of the molecule is C=CC(=C(C)SC(=C)C(C)=O)c1ccc(NC(=O)Nc2cc(C)ccc2F)cc1. The van der Waals surface area contributed by atoms with Gasteiger partial charge in [-0.3, -0.25) is 4.79 Å². The summed E-state index contributed by atoms with van der Waals surface area (Å²) in [5.74, 6) is -0.574. The average Bonchev–Trinajstić information content (AvgIpc) is 2.66. The number of ketones is 1. The van der Waals surface area contributed by atoms with E-state index in [1.165, 1.54) is 24.8 Å². The third-order valence-electron chi connectivity index (χ3n) is 4.08. The van der Waals surface area contributed by atoms with Gasteiger partial charge in [0.15, 0.2) is 5.78 Å². The van der Waals surface area contributed by atoms with Crippen molar-refractivity contribution >= 4 is 40.5 Å². The van der Waals surface area contributed by atoms with Crippen molar-refractivity contribution in [3.05, 3.63) is 88.5 Å². The molecule has 0 radical (unpaired) electrons. The molecule has 0 heterocycles. The van der Waals surface area contributed by atoms with E-state index in [2.05, 4.69) is 23.8 Å². The Hall–Kier alpha value is -3.12. The highest BCUT2D eigenvalue weighted by molar-refractivity contribution is 8.07. The van der Waals surface area contributed by atoms with Gasteiger partial charge < -0.3 is 10.6 Å². The van der Waals surface area contributed by atoms with Gasteiger partial charge in [-0.25, -0.2) is 9.18 Å². The number of rotatable bonds is 7. The lowest BCUT2D eigenvalue weighted by atomic mass is 10.1. The number of hydrogen-bond donors (Lipinski definition) is 2. The second-order valence-electron chi connectivity index (χ2n) is 6.40. The van der Waals surface area contributed by atoms with Crippen LogP contribution in [0.25, 0.3) is 5.57 Å². The van der Waals surface area contributed by atoms with Crippen LogP contribution in [0.2, 0.25) is 0 Å². The third-order valence-corrected chi connectivity index (χ3v) is 5.14. The van der Waals surface area contributed by atoms with Gasteiger partial charge in [0.25, 0.3) is 0 Å². The molecule has 29 heavy (non-hydrogen) atoms. The number of carbonyl (C=O) groups is 2. The molecule has 0 fully saturated rings. The van der Waals surface area contributed by atoms with Gasteiger partial charge in [-0.15, -0.1) is 0 Å². The first-order valence-corrected chi connectivity index (χ1v) is 9.68. The Morgan fingerprint density at radius 1 is 1.07 bits per heavy atom. The Balaban J connectivity index is 2.11. The highest BCUT2D eigenvalue weighted by Gasteiger charge is 2.10. The van der Waals surface area contributed by atoms with Crippen molar-refractivity contribution in [1.82, 2.24) is 0 Å². The second-order valence-corrected chi connectivity index (χ2v) is 7.70. The van der Waals surface area contributed by atoms with Gasteiger partial charge in [0, 0.05) is 10.6 Å². The highest BCUT2D eigenvalue weighted by Crippen LogP contribution is 2.32. The first kappa shape index (κ1) is 22.2. The quantitative estimate of drug-likeness (QED) is 0.403. The summed E-state index contributed by atoms with van der Waals surface area (Å²) in [6, 6.07) is 11.1. The van der Waals surface area contributed by atoms with Crippen LogP contribution in [0.15, 0.2) is 71.5 Å². The van der Waals surface area contributed by atoms with E-state index < -0.39 is 11.8 Å². The number of thioether (sulfide) groups is 1. The molecule has 2 amide bonds. The molecule has 2 aromatic carbocycles. The average molecular weight is 411 g/mol. The molecule has 2 aromatic rings. The van der Waals surface area contributed by atoms with Crippen LogP contribution in [0.4, 0.5) is 20.6 Å². The standard InChI is InChI=1S/C23H23FN2O2S/c1-6-20(17(5)29-16(4)15(3)27)18-8-10-19(11-9-18)25-23(28)26-22-13-14(2)7-12-21(22)24/h6-13H,1,4H2,2-3,5H3,(H2,25,26,28). The first-order valence-electron chi connectivity index (χ1n) is 8.87. The fourth-order valence-corrected chi connectivity index (χ4v) is 3.35. The van der Waals surface area contributed by atoms with Crippen LogP contribution in [-0.4, -0.2) is 11.8 Å². The Labute approximate surface area is 174 Å². The molecule has 0 aliphatic carbocycles. The summed E-state index contributed by atoms with van der Waals surface area (Å²) in [4.78, 5) is 24.9. The van der Waals surface area contributed by atoms with E-state index in [1.807, 2.05) is 26.0 Å². The van der Waals surface area contributed by atoms with E-state index in [1.54, 1.807) is 30.3 Å². The number of amides is 2. The Bertz CT molecular complexity index is 994. The van der Waals surface area contributed by atoms with Gasteiger partial charge in [-0.2, -0.15) is 0 Å². The molecular formula is C23H23FN2O2S. The zero-order valence-electron chi connectivity index (χ0n) is 16.6. The van der Waals surface area contributed by atoms with E-state index in [0.717, 1.165) is 21.6 Å². The van der Waals surface area contributed by atoms with Gasteiger partial charge in [0.05, 0.1) is 5.69 Å². The molecule has 0 saturated heterocycles. The first-order chi connectivity index (χ1) is 13.7. The summed E-state index contributed by atoms with van der Waals surface area (Å²) in [5, 5.41) is 5.18. The van der Waals surface area contributed by atoms with Crippen molar-refractivity contribution in [2.24, 2.45) is 0 Å². The number of aryl methyl sites for hydroxylation is 1. The smallest absolute Gasteiger partial charge is 0.308 e. The van der Waals surface area contributed by atoms with E-state index in [0.29, 0.717) is 10.6 Å². The molecule has 4 nitrogen and oxygen atoms in total. The minimum Gasteiger partial charge on any atom is -0.308 e. The molecule has 0 atom stereocenters. The Morgan fingerprint density at radius 2 is 1.72 bits per heavy atom. The maximum absolute atomic E-state index is 13.8. The van der Waals surface area contributed by atoms with Crippen molar-refractivity contribution in [2.75, 3.05) is 10.6 Å². The molecule has 2 N–H and O–H groups in total. The largest absolute Gasteiger partial charge is 0.323 e. The summed E-state index contributed by atoms with van der Waals surface area (Å²) in [6.07, 6.45) is 1.71. The number of carbonyl (C=O) groups excluding carboxylic acids is 2. The zero-order chi connectivity index (χ0) is 21.6. The molecule has 0 aromatic heterocycles. The normalized spacial score (nSPS) is 11.3. The van der Waals surface area contributed by atoms with Crippen molar-refractivity contribution in [3.63, 3.8) is 0 Å². The van der Waals surface area contributed by atoms with Gasteiger partial charge in [0.1, 0.15) is 5.82 Å². The number of Topliss-reactive ketones (excluding diaryl/α,β-unsaturated/α-hetero) is 1. The van der Waals surface area contributed by atoms with Gasteiger partial charge in [0.2, 0.25) is 0 Å². The minimum atomic E-state index is -0.536. The molecule has 6 heteroatoms. The molecule has 0 bridgehead atoms. The fourth-order valence-electron chi connectivity index (χ4n) is 2.53. The lowest BCUT2D eigenvalue weighted by molar-refractivity contribution is -0.112. The summed E-state index contributed by atoms with van der Waals surface area (Å²) < 4.78 is 13.8.